The summed E-state index contributed by atoms with van der Waals surface area (Å²) in [4.78, 5) is 23.9. The van der Waals surface area contributed by atoms with Gasteiger partial charge in [0.2, 0.25) is 0 Å². The monoisotopic (exact) mass is 319 g/mol. The molecule has 1 aromatic rings. The minimum atomic E-state index is -1.07. The Labute approximate surface area is 136 Å². The van der Waals surface area contributed by atoms with Crippen LogP contribution in [0.3, 0.4) is 0 Å². The van der Waals surface area contributed by atoms with Gasteiger partial charge in [-0.15, -0.1) is 0 Å². The average molecular weight is 319 g/mol. The maximum Gasteiger partial charge on any atom is 0.492 e. The number of hydrogen-bond acceptors (Lipinski definition) is 4. The van der Waals surface area contributed by atoms with Crippen LogP contribution in [0, 0.1) is 5.92 Å². The Bertz CT molecular complexity index is 629. The second kappa shape index (κ2) is 6.72. The largest absolute Gasteiger partial charge is 0.492 e. The number of carbonyl (C=O) groups is 2. The van der Waals surface area contributed by atoms with E-state index in [0.717, 1.165) is 5.56 Å². The van der Waals surface area contributed by atoms with E-state index < -0.39 is 25.0 Å². The van der Waals surface area contributed by atoms with Gasteiger partial charge >= 0.3 is 13.1 Å². The summed E-state index contributed by atoms with van der Waals surface area (Å²) in [5, 5.41) is 21.8. The zero-order valence-electron chi connectivity index (χ0n) is 13.8. The van der Waals surface area contributed by atoms with Gasteiger partial charge in [-0.3, -0.25) is 4.79 Å². The molecule has 7 heteroatoms. The van der Waals surface area contributed by atoms with Gasteiger partial charge in [0.1, 0.15) is 6.04 Å². The fraction of sp³-hybridized carbons (Fsp3) is 0.500. The molecular weight excluding hydrogens is 297 g/mol. The van der Waals surface area contributed by atoms with E-state index in [4.69, 9.17) is 4.65 Å². The standard InChI is InChI=1S/C16H22BNO5/c1-8(2)12-11(6-5-10-7-23-17(22)13(10)12)15(19)18-14(9(3)4)16(20)21/h5-6,8-9,14,22H,7H2,1-4H3,(H,18,19)(H,20,21). The van der Waals surface area contributed by atoms with Crippen LogP contribution in [0.4, 0.5) is 0 Å². The first-order chi connectivity index (χ1) is 10.7. The van der Waals surface area contributed by atoms with Crippen molar-refractivity contribution in [2.24, 2.45) is 5.92 Å². The Morgan fingerprint density at radius 2 is 1.91 bits per heavy atom. The van der Waals surface area contributed by atoms with Crippen molar-refractivity contribution < 1.29 is 24.4 Å². The molecule has 1 heterocycles. The molecule has 124 valence electrons. The second-order valence-electron chi connectivity index (χ2n) is 6.45. The Balaban J connectivity index is 2.42. The van der Waals surface area contributed by atoms with Crippen LogP contribution in [-0.2, 0) is 16.1 Å². The highest BCUT2D eigenvalue weighted by molar-refractivity contribution is 6.62. The molecule has 1 aliphatic rings. The predicted octanol–water partition coefficient (Wildman–Crippen LogP) is 0.867. The molecule has 1 amide bonds. The summed E-state index contributed by atoms with van der Waals surface area (Å²) in [6, 6.07) is 2.46. The lowest BCUT2D eigenvalue weighted by molar-refractivity contribution is -0.140. The van der Waals surface area contributed by atoms with Crippen molar-refractivity contribution in [2.75, 3.05) is 0 Å². The number of nitrogens with one attached hydrogen (secondary N) is 1. The van der Waals surface area contributed by atoms with Crippen molar-refractivity contribution >= 4 is 24.5 Å². The van der Waals surface area contributed by atoms with E-state index in [-0.39, 0.29) is 11.8 Å². The van der Waals surface area contributed by atoms with E-state index in [0.29, 0.717) is 23.2 Å². The molecule has 0 spiro atoms. The number of hydrogen-bond donors (Lipinski definition) is 3. The average Bonchev–Trinajstić information content (AvgIpc) is 2.84. The highest BCUT2D eigenvalue weighted by atomic mass is 16.5. The zero-order valence-corrected chi connectivity index (χ0v) is 13.8. The van der Waals surface area contributed by atoms with Crippen LogP contribution in [0.2, 0.25) is 0 Å². The third kappa shape index (κ3) is 3.40. The fourth-order valence-electron chi connectivity index (χ4n) is 2.90. The molecule has 0 saturated carbocycles. The van der Waals surface area contributed by atoms with Crippen LogP contribution in [0.25, 0.3) is 0 Å². The van der Waals surface area contributed by atoms with Crippen LogP contribution in [0.5, 0.6) is 0 Å². The maximum atomic E-state index is 12.6. The van der Waals surface area contributed by atoms with E-state index in [1.54, 1.807) is 26.0 Å². The fourth-order valence-corrected chi connectivity index (χ4v) is 2.90. The molecule has 0 radical (unpaired) electrons. The molecule has 0 aliphatic carbocycles. The van der Waals surface area contributed by atoms with Gasteiger partial charge in [0, 0.05) is 5.56 Å². The van der Waals surface area contributed by atoms with Gasteiger partial charge < -0.3 is 20.1 Å². The molecule has 23 heavy (non-hydrogen) atoms. The van der Waals surface area contributed by atoms with Crippen LogP contribution >= 0.6 is 0 Å². The van der Waals surface area contributed by atoms with Gasteiger partial charge in [-0.1, -0.05) is 33.8 Å². The Hall–Kier alpha value is -1.86. The summed E-state index contributed by atoms with van der Waals surface area (Å²) >= 11 is 0. The highest BCUT2D eigenvalue weighted by Gasteiger charge is 2.34. The van der Waals surface area contributed by atoms with E-state index >= 15 is 0 Å². The molecule has 1 aromatic carbocycles. The lowest BCUT2D eigenvalue weighted by Crippen LogP contribution is -2.45. The van der Waals surface area contributed by atoms with Crippen molar-refractivity contribution in [3.8, 4) is 0 Å². The summed E-state index contributed by atoms with van der Waals surface area (Å²) in [6.45, 7) is 7.64. The van der Waals surface area contributed by atoms with Gasteiger partial charge in [-0.25, -0.2) is 4.79 Å². The number of rotatable bonds is 5. The van der Waals surface area contributed by atoms with Crippen LogP contribution in [0.15, 0.2) is 12.1 Å². The van der Waals surface area contributed by atoms with Gasteiger partial charge in [0.05, 0.1) is 6.61 Å². The van der Waals surface area contributed by atoms with Gasteiger partial charge in [0.25, 0.3) is 5.91 Å². The van der Waals surface area contributed by atoms with E-state index in [2.05, 4.69) is 5.32 Å². The zero-order chi connectivity index (χ0) is 17.3. The van der Waals surface area contributed by atoms with Gasteiger partial charge in [0.15, 0.2) is 0 Å². The summed E-state index contributed by atoms with van der Waals surface area (Å²) in [7, 11) is -1.05. The Kier molecular flexibility index (Phi) is 5.11. The first-order valence-corrected chi connectivity index (χ1v) is 7.73. The quantitative estimate of drug-likeness (QED) is 0.700. The Morgan fingerprint density at radius 3 is 2.43 bits per heavy atom. The number of carbonyl (C=O) groups excluding carboxylic acids is 1. The number of aliphatic carboxylic acids is 1. The molecule has 1 atom stereocenters. The molecular formula is C16H22BNO5. The molecule has 2 rings (SSSR count). The van der Waals surface area contributed by atoms with Crippen LogP contribution in [-0.4, -0.2) is 35.2 Å². The minimum absolute atomic E-state index is 0.00984. The van der Waals surface area contributed by atoms with Crippen LogP contribution in [0.1, 0.15) is 55.1 Å². The number of carboxylic acids is 1. The SMILES string of the molecule is CC(C)c1c(C(=O)NC(C(=O)O)C(C)C)ccc2c1B(O)OC2. The van der Waals surface area contributed by atoms with Crippen molar-refractivity contribution in [3.05, 3.63) is 28.8 Å². The van der Waals surface area contributed by atoms with Crippen LogP contribution < -0.4 is 10.8 Å². The molecule has 1 unspecified atom stereocenters. The van der Waals surface area contributed by atoms with E-state index in [1.807, 2.05) is 13.8 Å². The van der Waals surface area contributed by atoms with E-state index in [9.17, 15) is 19.7 Å². The molecule has 0 bridgehead atoms. The third-order valence-electron chi connectivity index (χ3n) is 4.06. The second-order valence-corrected chi connectivity index (χ2v) is 6.45. The van der Waals surface area contributed by atoms with Crippen molar-refractivity contribution in [1.29, 1.82) is 0 Å². The molecule has 1 aliphatic heterocycles. The minimum Gasteiger partial charge on any atom is -0.480 e. The number of carboxylic acid groups (broad SMARTS) is 1. The molecule has 3 N–H and O–H groups in total. The lowest BCUT2D eigenvalue weighted by Gasteiger charge is -2.21. The van der Waals surface area contributed by atoms with Gasteiger partial charge in [-0.05, 0) is 34.5 Å². The molecule has 0 fully saturated rings. The van der Waals surface area contributed by atoms with Crippen molar-refractivity contribution in [1.82, 2.24) is 5.32 Å². The predicted molar refractivity (Wildman–Crippen MR) is 86.7 cm³/mol. The first-order valence-electron chi connectivity index (χ1n) is 7.73. The molecule has 6 nitrogen and oxygen atoms in total. The van der Waals surface area contributed by atoms with Crippen molar-refractivity contribution in [2.45, 2.75) is 46.3 Å². The summed E-state index contributed by atoms with van der Waals surface area (Å²) in [5.74, 6) is -1.76. The van der Waals surface area contributed by atoms with Crippen molar-refractivity contribution in [3.63, 3.8) is 0 Å². The molecule has 0 saturated heterocycles. The van der Waals surface area contributed by atoms with Gasteiger partial charge in [-0.2, -0.15) is 0 Å². The summed E-state index contributed by atoms with van der Waals surface area (Å²) < 4.78 is 5.24. The Morgan fingerprint density at radius 1 is 1.26 bits per heavy atom. The normalized spacial score (nSPS) is 15.0. The number of amides is 1. The molecule has 0 aromatic heterocycles. The summed E-state index contributed by atoms with van der Waals surface area (Å²) in [5.41, 5.74) is 2.58. The first kappa shape index (κ1) is 17.5. The number of fused-ring (bicyclic) bond motifs is 1. The number of benzene rings is 1. The third-order valence-corrected chi connectivity index (χ3v) is 4.06. The topological polar surface area (TPSA) is 95.9 Å². The smallest absolute Gasteiger partial charge is 0.480 e. The summed E-state index contributed by atoms with van der Waals surface area (Å²) in [6.07, 6.45) is 0. The van der Waals surface area contributed by atoms with E-state index in [1.165, 1.54) is 0 Å². The lowest BCUT2D eigenvalue weighted by atomic mass is 9.72. The highest BCUT2D eigenvalue weighted by Crippen LogP contribution is 2.24. The maximum absolute atomic E-state index is 12.6.